The van der Waals surface area contributed by atoms with Crippen molar-refractivity contribution in [2.45, 2.75) is 83.3 Å². The predicted molar refractivity (Wildman–Crippen MR) is 154 cm³/mol. The highest BCUT2D eigenvalue weighted by Crippen LogP contribution is 2.69. The molecule has 3 heterocycles. The first-order valence-corrected chi connectivity index (χ1v) is 15.3. The van der Waals surface area contributed by atoms with Crippen molar-refractivity contribution in [1.82, 2.24) is 25.1 Å². The van der Waals surface area contributed by atoms with Crippen LogP contribution in [0.4, 0.5) is 8.78 Å². The molecule has 3 aromatic heterocycles. The Bertz CT molecular complexity index is 1630. The fourth-order valence-corrected chi connectivity index (χ4v) is 7.51. The van der Waals surface area contributed by atoms with Crippen LogP contribution in [0.15, 0.2) is 47.3 Å². The van der Waals surface area contributed by atoms with Gasteiger partial charge >= 0.3 is 0 Å². The molecule has 41 heavy (non-hydrogen) atoms. The molecule has 2 bridgehead atoms. The predicted octanol–water partition coefficient (Wildman–Crippen LogP) is 6.62. The maximum absolute atomic E-state index is 14.6. The summed E-state index contributed by atoms with van der Waals surface area (Å²) in [5, 5.41) is 9.10. The number of fused-ring (bicyclic) bond motifs is 5. The van der Waals surface area contributed by atoms with Gasteiger partial charge in [-0.2, -0.15) is 5.10 Å². The molecule has 2 aliphatic rings. The van der Waals surface area contributed by atoms with Crippen molar-refractivity contribution in [3.8, 4) is 22.8 Å². The minimum atomic E-state index is -0.804. The Morgan fingerprint density at radius 1 is 1.00 bits per heavy atom. The molecule has 1 aromatic carbocycles. The van der Waals surface area contributed by atoms with Gasteiger partial charge in [0.15, 0.2) is 9.76 Å². The summed E-state index contributed by atoms with van der Waals surface area (Å²) in [6.07, 6.45) is 6.77. The molecule has 0 aliphatic heterocycles. The molecule has 10 heteroatoms. The van der Waals surface area contributed by atoms with E-state index in [4.69, 9.17) is 18.8 Å². The number of rotatable bonds is 6. The first-order valence-electron chi connectivity index (χ1n) is 14.0. The van der Waals surface area contributed by atoms with Crippen molar-refractivity contribution >= 4 is 9.76 Å². The molecule has 2 aliphatic carbocycles. The third-order valence-corrected chi connectivity index (χ3v) is 10.6. The van der Waals surface area contributed by atoms with Crippen molar-refractivity contribution in [1.29, 1.82) is 0 Å². The van der Waals surface area contributed by atoms with E-state index in [0.717, 1.165) is 29.8 Å². The van der Waals surface area contributed by atoms with Gasteiger partial charge in [-0.25, -0.2) is 18.7 Å². The lowest BCUT2D eigenvalue weighted by Gasteiger charge is -2.37. The number of nitrogens with zero attached hydrogens (tertiary/aromatic N) is 5. The minimum Gasteiger partial charge on any atom is -0.443 e. The van der Waals surface area contributed by atoms with Gasteiger partial charge in [0.1, 0.15) is 29.3 Å². The first-order chi connectivity index (χ1) is 19.2. The third-order valence-electron chi connectivity index (χ3n) is 8.88. The van der Waals surface area contributed by atoms with Crippen LogP contribution in [-0.4, -0.2) is 34.9 Å². The molecule has 4 aromatic rings. The average molecular weight is 576 g/mol. The Morgan fingerprint density at radius 2 is 1.73 bits per heavy atom. The Labute approximate surface area is 241 Å². The Morgan fingerprint density at radius 3 is 2.44 bits per heavy atom. The van der Waals surface area contributed by atoms with E-state index in [2.05, 4.69) is 49.8 Å². The smallest absolute Gasteiger partial charge is 0.247 e. The van der Waals surface area contributed by atoms with E-state index in [-0.39, 0.29) is 27.6 Å². The number of halogens is 2. The molecule has 1 fully saturated rings. The molecule has 1 saturated carbocycles. The quantitative estimate of drug-likeness (QED) is 0.239. The lowest BCUT2D eigenvalue weighted by Crippen LogP contribution is -2.38. The van der Waals surface area contributed by atoms with E-state index in [1.807, 2.05) is 13.8 Å². The van der Waals surface area contributed by atoms with Gasteiger partial charge in [-0.1, -0.05) is 40.7 Å². The SMILES string of the molecule is CC(C)(C)[SiH2]OC(C)(C)c1coc(-c2cncc([C@]34CC[C@@H](c5cc(-c6c(F)cccc6F)nnc53)C4(C)C)n2)n1. The second-order valence-corrected chi connectivity index (χ2v) is 16.2. The van der Waals surface area contributed by atoms with Crippen molar-refractivity contribution in [3.63, 3.8) is 0 Å². The lowest BCUT2D eigenvalue weighted by atomic mass is 9.66. The topological polar surface area (TPSA) is 86.8 Å². The van der Waals surface area contributed by atoms with E-state index in [1.165, 1.54) is 18.2 Å². The molecule has 0 unspecified atom stereocenters. The van der Waals surface area contributed by atoms with Gasteiger partial charge < -0.3 is 8.84 Å². The van der Waals surface area contributed by atoms with Crippen LogP contribution in [0.1, 0.15) is 89.9 Å². The Kier molecular flexibility index (Phi) is 6.31. The van der Waals surface area contributed by atoms with E-state index in [9.17, 15) is 8.78 Å². The summed E-state index contributed by atoms with van der Waals surface area (Å²) in [4.78, 5) is 14.3. The summed E-state index contributed by atoms with van der Waals surface area (Å²) in [7, 11) is -0.804. The van der Waals surface area contributed by atoms with Gasteiger partial charge in [0.2, 0.25) is 5.89 Å². The second-order valence-electron chi connectivity index (χ2n) is 13.5. The van der Waals surface area contributed by atoms with Gasteiger partial charge in [-0.15, -0.1) is 5.10 Å². The largest absolute Gasteiger partial charge is 0.443 e. The number of benzene rings is 1. The van der Waals surface area contributed by atoms with E-state index in [0.29, 0.717) is 17.3 Å². The van der Waals surface area contributed by atoms with Gasteiger partial charge in [0.25, 0.3) is 0 Å². The highest BCUT2D eigenvalue weighted by atomic mass is 28.2. The number of hydrogen-bond acceptors (Lipinski definition) is 7. The van der Waals surface area contributed by atoms with Crippen LogP contribution in [0.2, 0.25) is 5.04 Å². The van der Waals surface area contributed by atoms with Crippen LogP contribution in [0.5, 0.6) is 0 Å². The van der Waals surface area contributed by atoms with Crippen molar-refractivity contribution in [3.05, 3.63) is 77.2 Å². The second kappa shape index (κ2) is 9.32. The van der Waals surface area contributed by atoms with E-state index < -0.39 is 32.4 Å². The highest BCUT2D eigenvalue weighted by Gasteiger charge is 2.65. The van der Waals surface area contributed by atoms with Gasteiger partial charge in [-0.05, 0) is 66.8 Å². The van der Waals surface area contributed by atoms with Gasteiger partial charge in [-0.3, -0.25) is 4.98 Å². The fraction of sp³-hybridized carbons (Fsp3) is 0.452. The van der Waals surface area contributed by atoms with Crippen LogP contribution in [0.3, 0.4) is 0 Å². The van der Waals surface area contributed by atoms with Crippen molar-refractivity contribution in [2.75, 3.05) is 0 Å². The molecular formula is C31H35F2N5O2Si. The molecule has 6 rings (SSSR count). The van der Waals surface area contributed by atoms with Gasteiger partial charge in [0, 0.05) is 6.20 Å². The maximum Gasteiger partial charge on any atom is 0.247 e. The van der Waals surface area contributed by atoms with Crippen LogP contribution in [-0.2, 0) is 15.4 Å². The van der Waals surface area contributed by atoms with Gasteiger partial charge in [0.05, 0.1) is 39.9 Å². The molecule has 0 saturated heterocycles. The zero-order valence-electron chi connectivity index (χ0n) is 24.5. The number of oxazole rings is 1. The van der Waals surface area contributed by atoms with Crippen LogP contribution in [0.25, 0.3) is 22.8 Å². The average Bonchev–Trinajstić information content (AvgIpc) is 3.56. The molecule has 7 nitrogen and oxygen atoms in total. The molecular weight excluding hydrogens is 540 g/mol. The summed E-state index contributed by atoms with van der Waals surface area (Å²) in [6, 6.07) is 5.62. The molecule has 0 spiro atoms. The third kappa shape index (κ3) is 4.34. The maximum atomic E-state index is 14.6. The zero-order chi connectivity index (χ0) is 29.4. The van der Waals surface area contributed by atoms with Crippen molar-refractivity contribution < 1.29 is 17.6 Å². The molecule has 214 valence electrons. The molecule has 0 N–H and O–H groups in total. The molecule has 0 radical (unpaired) electrons. The van der Waals surface area contributed by atoms with Crippen LogP contribution >= 0.6 is 0 Å². The summed E-state index contributed by atoms with van der Waals surface area (Å²) in [5.74, 6) is -0.809. The zero-order valence-corrected chi connectivity index (χ0v) is 26.0. The molecule has 0 amide bonds. The molecule has 2 atom stereocenters. The van der Waals surface area contributed by atoms with E-state index in [1.54, 1.807) is 24.7 Å². The number of aromatic nitrogens is 5. The number of hydrogen-bond donors (Lipinski definition) is 0. The Balaban J connectivity index is 1.39. The Hall–Kier alpha value is -3.37. The lowest BCUT2D eigenvalue weighted by molar-refractivity contribution is 0.104. The summed E-state index contributed by atoms with van der Waals surface area (Å²) in [6.45, 7) is 15.0. The summed E-state index contributed by atoms with van der Waals surface area (Å²) < 4.78 is 41.4. The van der Waals surface area contributed by atoms with Crippen LogP contribution in [0, 0.1) is 17.0 Å². The highest BCUT2D eigenvalue weighted by molar-refractivity contribution is 6.31. The normalized spacial score (nSPS) is 21.6. The summed E-state index contributed by atoms with van der Waals surface area (Å²) in [5.41, 5.74) is 2.36. The van der Waals surface area contributed by atoms with E-state index >= 15 is 0 Å². The van der Waals surface area contributed by atoms with Crippen LogP contribution < -0.4 is 0 Å². The standard InChI is InChI=1S/C31H35F2N5O2Si/c1-28(2,3)41-40-30(6,7)24-16-39-27(36-24)22-14-34-15-23(35-22)31-12-11-18(29(31,4)5)17-13-21(37-38-26(17)31)25-19(32)9-8-10-20(25)33/h8-10,13-16,18H,11-12,41H2,1-7H3/t18-,31+/m0/s1. The monoisotopic (exact) mass is 575 g/mol. The fourth-order valence-electron chi connectivity index (χ4n) is 6.57. The minimum absolute atomic E-state index is 0.130. The first kappa shape index (κ1) is 27.8. The summed E-state index contributed by atoms with van der Waals surface area (Å²) >= 11 is 0. The van der Waals surface area contributed by atoms with Crippen molar-refractivity contribution in [2.24, 2.45) is 5.41 Å².